The summed E-state index contributed by atoms with van der Waals surface area (Å²) in [5.41, 5.74) is 6.69. The molecule has 0 fully saturated rings. The average Bonchev–Trinajstić information content (AvgIpc) is 2.39. The topological polar surface area (TPSA) is 48.1 Å². The van der Waals surface area contributed by atoms with E-state index in [0.717, 1.165) is 12.1 Å². The van der Waals surface area contributed by atoms with Crippen molar-refractivity contribution in [1.82, 2.24) is 4.98 Å². The first kappa shape index (κ1) is 12.5. The van der Waals surface area contributed by atoms with E-state index in [-0.39, 0.29) is 11.9 Å². The molecule has 3 nitrogen and oxygen atoms in total. The Morgan fingerprint density at radius 3 is 2.72 bits per heavy atom. The summed E-state index contributed by atoms with van der Waals surface area (Å²) in [5, 5.41) is 0. The molecule has 94 valence electrons. The lowest BCUT2D eigenvalue weighted by atomic mass is 10.1. The fourth-order valence-corrected chi connectivity index (χ4v) is 1.55. The van der Waals surface area contributed by atoms with Gasteiger partial charge in [0.15, 0.2) is 0 Å². The molecule has 1 aromatic carbocycles. The van der Waals surface area contributed by atoms with E-state index in [2.05, 4.69) is 4.98 Å². The first-order chi connectivity index (χ1) is 8.69. The SMILES string of the molecule is CC[C@H](N)c1ccc(Oc2cccc(F)c2)cn1. The first-order valence-corrected chi connectivity index (χ1v) is 5.84. The highest BCUT2D eigenvalue weighted by molar-refractivity contribution is 5.30. The zero-order valence-electron chi connectivity index (χ0n) is 10.1. The lowest BCUT2D eigenvalue weighted by Gasteiger charge is -2.09. The van der Waals surface area contributed by atoms with Gasteiger partial charge in [0.1, 0.15) is 17.3 Å². The molecule has 1 heterocycles. The zero-order chi connectivity index (χ0) is 13.0. The molecule has 0 radical (unpaired) electrons. The number of nitrogens with zero attached hydrogens (tertiary/aromatic N) is 1. The number of pyridine rings is 1. The minimum Gasteiger partial charge on any atom is -0.456 e. The third-order valence-corrected chi connectivity index (χ3v) is 2.61. The van der Waals surface area contributed by atoms with Crippen molar-refractivity contribution in [3.05, 3.63) is 54.1 Å². The Kier molecular flexibility index (Phi) is 3.89. The number of rotatable bonds is 4. The summed E-state index contributed by atoms with van der Waals surface area (Å²) in [7, 11) is 0. The molecule has 0 amide bonds. The Morgan fingerprint density at radius 2 is 2.11 bits per heavy atom. The quantitative estimate of drug-likeness (QED) is 0.899. The predicted octanol–water partition coefficient (Wildman–Crippen LogP) is 3.42. The first-order valence-electron chi connectivity index (χ1n) is 5.84. The van der Waals surface area contributed by atoms with Gasteiger partial charge < -0.3 is 10.5 Å². The average molecular weight is 246 g/mol. The molecule has 0 spiro atoms. The lowest BCUT2D eigenvalue weighted by Crippen LogP contribution is -2.10. The molecule has 1 atom stereocenters. The number of benzene rings is 1. The van der Waals surface area contributed by atoms with E-state index in [9.17, 15) is 4.39 Å². The van der Waals surface area contributed by atoms with Crippen LogP contribution in [0.4, 0.5) is 4.39 Å². The van der Waals surface area contributed by atoms with Gasteiger partial charge in [0.05, 0.1) is 11.9 Å². The van der Waals surface area contributed by atoms with Gasteiger partial charge in [0.2, 0.25) is 0 Å². The van der Waals surface area contributed by atoms with Crippen LogP contribution in [0.3, 0.4) is 0 Å². The van der Waals surface area contributed by atoms with Crippen molar-refractivity contribution in [3.8, 4) is 11.5 Å². The van der Waals surface area contributed by atoms with E-state index < -0.39 is 0 Å². The molecule has 0 saturated carbocycles. The number of ether oxygens (including phenoxy) is 1. The predicted molar refractivity (Wildman–Crippen MR) is 67.9 cm³/mol. The molecular formula is C14H15FN2O. The van der Waals surface area contributed by atoms with Gasteiger partial charge in [-0.3, -0.25) is 4.98 Å². The van der Waals surface area contributed by atoms with Gasteiger partial charge in [0.25, 0.3) is 0 Å². The van der Waals surface area contributed by atoms with E-state index >= 15 is 0 Å². The summed E-state index contributed by atoms with van der Waals surface area (Å²) in [5.74, 6) is 0.682. The van der Waals surface area contributed by atoms with E-state index in [0.29, 0.717) is 11.5 Å². The molecule has 2 aromatic rings. The summed E-state index contributed by atoms with van der Waals surface area (Å²) in [4.78, 5) is 4.22. The number of aromatic nitrogens is 1. The summed E-state index contributed by atoms with van der Waals surface area (Å²) >= 11 is 0. The fourth-order valence-electron chi connectivity index (χ4n) is 1.55. The van der Waals surface area contributed by atoms with Crippen LogP contribution in [0.25, 0.3) is 0 Å². The van der Waals surface area contributed by atoms with Crippen LogP contribution in [0.5, 0.6) is 11.5 Å². The van der Waals surface area contributed by atoms with Gasteiger partial charge in [-0.1, -0.05) is 13.0 Å². The third-order valence-electron chi connectivity index (χ3n) is 2.61. The monoisotopic (exact) mass is 246 g/mol. The molecule has 0 unspecified atom stereocenters. The molecule has 2 rings (SSSR count). The molecule has 0 aliphatic heterocycles. The summed E-state index contributed by atoms with van der Waals surface area (Å²) < 4.78 is 18.5. The molecule has 0 aliphatic rings. The maximum Gasteiger partial charge on any atom is 0.145 e. The van der Waals surface area contributed by atoms with E-state index in [4.69, 9.17) is 10.5 Å². The number of hydrogen-bond acceptors (Lipinski definition) is 3. The Hall–Kier alpha value is -1.94. The molecule has 1 aromatic heterocycles. The van der Waals surface area contributed by atoms with Crippen LogP contribution in [0.1, 0.15) is 25.1 Å². The van der Waals surface area contributed by atoms with Crippen molar-refractivity contribution in [2.45, 2.75) is 19.4 Å². The van der Waals surface area contributed by atoms with Crippen molar-refractivity contribution < 1.29 is 9.13 Å². The number of halogens is 1. The van der Waals surface area contributed by atoms with Gasteiger partial charge in [-0.2, -0.15) is 0 Å². The maximum atomic E-state index is 13.0. The smallest absolute Gasteiger partial charge is 0.145 e. The fraction of sp³-hybridized carbons (Fsp3) is 0.214. The van der Waals surface area contributed by atoms with Gasteiger partial charge in [-0.15, -0.1) is 0 Å². The highest BCUT2D eigenvalue weighted by Crippen LogP contribution is 2.22. The van der Waals surface area contributed by atoms with Crippen molar-refractivity contribution in [3.63, 3.8) is 0 Å². The van der Waals surface area contributed by atoms with Gasteiger partial charge in [0, 0.05) is 12.1 Å². The largest absolute Gasteiger partial charge is 0.456 e. The highest BCUT2D eigenvalue weighted by atomic mass is 19.1. The summed E-state index contributed by atoms with van der Waals surface area (Å²) in [6.45, 7) is 2.00. The maximum absolute atomic E-state index is 13.0. The molecule has 0 aliphatic carbocycles. The van der Waals surface area contributed by atoms with E-state index in [1.807, 2.05) is 13.0 Å². The third kappa shape index (κ3) is 3.05. The standard InChI is InChI=1S/C14H15FN2O/c1-2-13(16)14-7-6-12(9-17-14)18-11-5-3-4-10(15)8-11/h3-9,13H,2,16H2,1H3/t13-/m0/s1. The van der Waals surface area contributed by atoms with Crippen LogP contribution < -0.4 is 10.5 Å². The van der Waals surface area contributed by atoms with Crippen LogP contribution in [-0.4, -0.2) is 4.98 Å². The zero-order valence-corrected chi connectivity index (χ0v) is 10.1. The second-order valence-corrected chi connectivity index (χ2v) is 3.99. The van der Waals surface area contributed by atoms with Crippen LogP contribution in [0.15, 0.2) is 42.6 Å². The number of nitrogens with two attached hydrogens (primary N) is 1. The normalized spacial score (nSPS) is 12.2. The molecule has 0 bridgehead atoms. The highest BCUT2D eigenvalue weighted by Gasteiger charge is 2.05. The molecule has 4 heteroatoms. The Morgan fingerprint density at radius 1 is 1.28 bits per heavy atom. The molecule has 2 N–H and O–H groups in total. The molecular weight excluding hydrogens is 231 g/mol. The minimum atomic E-state index is -0.329. The second kappa shape index (κ2) is 5.60. The van der Waals surface area contributed by atoms with Crippen LogP contribution in [0, 0.1) is 5.82 Å². The minimum absolute atomic E-state index is 0.0618. The van der Waals surface area contributed by atoms with Crippen LogP contribution in [0.2, 0.25) is 0 Å². The second-order valence-electron chi connectivity index (χ2n) is 3.99. The lowest BCUT2D eigenvalue weighted by molar-refractivity contribution is 0.473. The molecule has 0 saturated heterocycles. The van der Waals surface area contributed by atoms with Crippen molar-refractivity contribution in [2.75, 3.05) is 0 Å². The van der Waals surface area contributed by atoms with Crippen molar-refractivity contribution >= 4 is 0 Å². The summed E-state index contributed by atoms with van der Waals surface area (Å²) in [6, 6.07) is 9.52. The van der Waals surface area contributed by atoms with E-state index in [1.165, 1.54) is 12.1 Å². The molecule has 18 heavy (non-hydrogen) atoms. The van der Waals surface area contributed by atoms with Crippen molar-refractivity contribution in [2.24, 2.45) is 5.73 Å². The van der Waals surface area contributed by atoms with Crippen LogP contribution >= 0.6 is 0 Å². The van der Waals surface area contributed by atoms with Crippen LogP contribution in [-0.2, 0) is 0 Å². The Bertz CT molecular complexity index is 513. The Labute approximate surface area is 105 Å². The van der Waals surface area contributed by atoms with E-state index in [1.54, 1.807) is 24.4 Å². The van der Waals surface area contributed by atoms with Crippen molar-refractivity contribution in [1.29, 1.82) is 0 Å². The van der Waals surface area contributed by atoms with Gasteiger partial charge in [-0.05, 0) is 30.7 Å². The Balaban J connectivity index is 2.11. The number of hydrogen-bond donors (Lipinski definition) is 1. The van der Waals surface area contributed by atoms with Gasteiger partial charge >= 0.3 is 0 Å². The summed E-state index contributed by atoms with van der Waals surface area (Å²) in [6.07, 6.45) is 2.42. The van der Waals surface area contributed by atoms with Gasteiger partial charge in [-0.25, -0.2) is 4.39 Å².